The van der Waals surface area contributed by atoms with Crippen molar-refractivity contribution in [1.29, 1.82) is 0 Å². The quantitative estimate of drug-likeness (QED) is 0.831. The molecule has 0 aliphatic heterocycles. The molecule has 0 unspecified atom stereocenters. The second kappa shape index (κ2) is 5.31. The number of nitrogens with zero attached hydrogens (tertiary/aromatic N) is 1. The Morgan fingerprint density at radius 2 is 2.24 bits per heavy atom. The zero-order valence-corrected chi connectivity index (χ0v) is 9.98. The lowest BCUT2D eigenvalue weighted by Gasteiger charge is -2.27. The molecule has 2 N–H and O–H groups in total. The third-order valence-corrected chi connectivity index (χ3v) is 3.29. The van der Waals surface area contributed by atoms with Gasteiger partial charge in [-0.1, -0.05) is 5.16 Å². The third-order valence-electron chi connectivity index (χ3n) is 3.29. The summed E-state index contributed by atoms with van der Waals surface area (Å²) in [5.41, 5.74) is 0.708. The molecule has 2 rings (SSSR count). The van der Waals surface area contributed by atoms with Crippen LogP contribution >= 0.6 is 0 Å². The highest BCUT2D eigenvalue weighted by molar-refractivity contribution is 5.91. The molecule has 0 atom stereocenters. The first-order valence-electron chi connectivity index (χ1n) is 6.04. The summed E-state index contributed by atoms with van der Waals surface area (Å²) < 4.78 is 4.91. The SMILES string of the molecule is Cc1cc(C(=O)NC2CCC(CO)CC2)on1. The molecule has 1 saturated carbocycles. The van der Waals surface area contributed by atoms with Crippen molar-refractivity contribution in [3.63, 3.8) is 0 Å². The second-order valence-electron chi connectivity index (χ2n) is 4.71. The fourth-order valence-corrected chi connectivity index (χ4v) is 2.22. The average Bonchev–Trinajstić information content (AvgIpc) is 2.77. The summed E-state index contributed by atoms with van der Waals surface area (Å²) in [6.45, 7) is 2.04. The predicted octanol–water partition coefficient (Wildman–Crippen LogP) is 1.26. The molecule has 1 amide bonds. The van der Waals surface area contributed by atoms with Gasteiger partial charge in [-0.05, 0) is 38.5 Å². The van der Waals surface area contributed by atoms with Crippen LogP contribution in [0.15, 0.2) is 10.6 Å². The maximum absolute atomic E-state index is 11.8. The summed E-state index contributed by atoms with van der Waals surface area (Å²) in [5, 5.41) is 15.7. The lowest BCUT2D eigenvalue weighted by Crippen LogP contribution is -2.37. The van der Waals surface area contributed by atoms with Gasteiger partial charge in [0.1, 0.15) is 0 Å². The van der Waals surface area contributed by atoms with Gasteiger partial charge in [0, 0.05) is 18.7 Å². The van der Waals surface area contributed by atoms with Crippen molar-refractivity contribution in [3.8, 4) is 0 Å². The number of aliphatic hydroxyl groups is 1. The van der Waals surface area contributed by atoms with Crippen LogP contribution < -0.4 is 5.32 Å². The Hall–Kier alpha value is -1.36. The Balaban J connectivity index is 1.84. The van der Waals surface area contributed by atoms with Gasteiger partial charge in [0.05, 0.1) is 5.69 Å². The van der Waals surface area contributed by atoms with E-state index in [0.717, 1.165) is 25.7 Å². The number of aryl methyl sites for hydroxylation is 1. The van der Waals surface area contributed by atoms with Gasteiger partial charge < -0.3 is 14.9 Å². The lowest BCUT2D eigenvalue weighted by atomic mass is 9.86. The van der Waals surface area contributed by atoms with E-state index in [1.807, 2.05) is 0 Å². The fourth-order valence-electron chi connectivity index (χ4n) is 2.22. The van der Waals surface area contributed by atoms with Crippen LogP contribution in [-0.2, 0) is 0 Å². The van der Waals surface area contributed by atoms with E-state index in [-0.39, 0.29) is 24.3 Å². The van der Waals surface area contributed by atoms with Crippen molar-refractivity contribution < 1.29 is 14.4 Å². The summed E-state index contributed by atoms with van der Waals surface area (Å²) in [6, 6.07) is 1.82. The molecule has 1 aromatic heterocycles. The van der Waals surface area contributed by atoms with Crippen LogP contribution in [0.25, 0.3) is 0 Å². The molecule has 1 aliphatic rings. The molecule has 1 fully saturated rings. The Bertz CT molecular complexity index is 381. The minimum absolute atomic E-state index is 0.190. The molecule has 94 valence electrons. The highest BCUT2D eigenvalue weighted by atomic mass is 16.5. The number of aliphatic hydroxyl groups excluding tert-OH is 1. The van der Waals surface area contributed by atoms with Crippen molar-refractivity contribution in [2.45, 2.75) is 38.6 Å². The van der Waals surface area contributed by atoms with Crippen LogP contribution in [0, 0.1) is 12.8 Å². The zero-order chi connectivity index (χ0) is 12.3. The third kappa shape index (κ3) is 3.06. The number of hydrogen-bond acceptors (Lipinski definition) is 4. The minimum Gasteiger partial charge on any atom is -0.396 e. The maximum Gasteiger partial charge on any atom is 0.290 e. The zero-order valence-electron chi connectivity index (χ0n) is 9.98. The standard InChI is InChI=1S/C12H18N2O3/c1-8-6-11(17-14-8)12(16)13-10-4-2-9(7-15)3-5-10/h6,9-10,15H,2-5,7H2,1H3,(H,13,16). The molecule has 0 spiro atoms. The van der Waals surface area contributed by atoms with E-state index >= 15 is 0 Å². The van der Waals surface area contributed by atoms with Gasteiger partial charge in [0.25, 0.3) is 5.91 Å². The highest BCUT2D eigenvalue weighted by Crippen LogP contribution is 2.23. The van der Waals surface area contributed by atoms with Crippen molar-refractivity contribution in [2.75, 3.05) is 6.61 Å². The summed E-state index contributed by atoms with van der Waals surface area (Å²) in [4.78, 5) is 11.8. The normalized spacial score (nSPS) is 24.6. The minimum atomic E-state index is -0.196. The molecular formula is C12H18N2O3. The van der Waals surface area contributed by atoms with Gasteiger partial charge in [0.15, 0.2) is 0 Å². The molecule has 0 radical (unpaired) electrons. The fraction of sp³-hybridized carbons (Fsp3) is 0.667. The maximum atomic E-state index is 11.8. The molecule has 1 heterocycles. The van der Waals surface area contributed by atoms with Gasteiger partial charge in [-0.3, -0.25) is 4.79 Å². The predicted molar refractivity (Wildman–Crippen MR) is 61.5 cm³/mol. The number of carbonyl (C=O) groups excluding carboxylic acids is 1. The monoisotopic (exact) mass is 238 g/mol. The first-order chi connectivity index (χ1) is 8.19. The molecule has 5 heteroatoms. The number of aromatic nitrogens is 1. The number of amides is 1. The van der Waals surface area contributed by atoms with E-state index in [0.29, 0.717) is 11.6 Å². The summed E-state index contributed by atoms with van der Waals surface area (Å²) in [5.74, 6) is 0.473. The van der Waals surface area contributed by atoms with Crippen LogP contribution in [0.1, 0.15) is 41.9 Å². The average molecular weight is 238 g/mol. The summed E-state index contributed by atoms with van der Waals surface area (Å²) >= 11 is 0. The number of hydrogen-bond donors (Lipinski definition) is 2. The van der Waals surface area contributed by atoms with E-state index in [1.165, 1.54) is 0 Å². The molecule has 0 bridgehead atoms. The van der Waals surface area contributed by atoms with Crippen LogP contribution in [0.4, 0.5) is 0 Å². The van der Waals surface area contributed by atoms with Crippen LogP contribution in [0.5, 0.6) is 0 Å². The Morgan fingerprint density at radius 1 is 1.53 bits per heavy atom. The Morgan fingerprint density at radius 3 is 2.76 bits per heavy atom. The first-order valence-corrected chi connectivity index (χ1v) is 6.04. The number of nitrogens with one attached hydrogen (secondary N) is 1. The van der Waals surface area contributed by atoms with Gasteiger partial charge >= 0.3 is 0 Å². The van der Waals surface area contributed by atoms with Crippen molar-refractivity contribution in [3.05, 3.63) is 17.5 Å². The van der Waals surface area contributed by atoms with Crippen molar-refractivity contribution >= 4 is 5.91 Å². The Kier molecular flexibility index (Phi) is 3.78. The smallest absolute Gasteiger partial charge is 0.290 e. The van der Waals surface area contributed by atoms with E-state index in [4.69, 9.17) is 9.63 Å². The highest BCUT2D eigenvalue weighted by Gasteiger charge is 2.23. The van der Waals surface area contributed by atoms with E-state index in [1.54, 1.807) is 13.0 Å². The molecule has 1 aromatic rings. The van der Waals surface area contributed by atoms with Crippen LogP contribution in [0.3, 0.4) is 0 Å². The van der Waals surface area contributed by atoms with E-state index in [9.17, 15) is 4.79 Å². The molecule has 0 aromatic carbocycles. The van der Waals surface area contributed by atoms with Crippen molar-refractivity contribution in [1.82, 2.24) is 10.5 Å². The van der Waals surface area contributed by atoms with Gasteiger partial charge in [-0.15, -0.1) is 0 Å². The van der Waals surface area contributed by atoms with E-state index < -0.39 is 0 Å². The molecule has 5 nitrogen and oxygen atoms in total. The van der Waals surface area contributed by atoms with Crippen molar-refractivity contribution in [2.24, 2.45) is 5.92 Å². The lowest BCUT2D eigenvalue weighted by molar-refractivity contribution is 0.0877. The summed E-state index contributed by atoms with van der Waals surface area (Å²) in [6.07, 6.45) is 3.78. The Labute approximate surface area is 100 Å². The van der Waals surface area contributed by atoms with Gasteiger partial charge in [-0.25, -0.2) is 0 Å². The first kappa shape index (κ1) is 12.1. The van der Waals surface area contributed by atoms with Gasteiger partial charge in [0.2, 0.25) is 5.76 Å². The number of rotatable bonds is 3. The second-order valence-corrected chi connectivity index (χ2v) is 4.71. The topological polar surface area (TPSA) is 75.4 Å². The molecule has 17 heavy (non-hydrogen) atoms. The van der Waals surface area contributed by atoms with Gasteiger partial charge in [-0.2, -0.15) is 0 Å². The van der Waals surface area contributed by atoms with E-state index in [2.05, 4.69) is 10.5 Å². The largest absolute Gasteiger partial charge is 0.396 e. The molecular weight excluding hydrogens is 220 g/mol. The molecule has 1 aliphatic carbocycles. The number of carbonyl (C=O) groups is 1. The summed E-state index contributed by atoms with van der Waals surface area (Å²) in [7, 11) is 0. The van der Waals surface area contributed by atoms with Crippen LogP contribution in [0.2, 0.25) is 0 Å². The van der Waals surface area contributed by atoms with Crippen LogP contribution in [-0.4, -0.2) is 28.8 Å². The molecule has 0 saturated heterocycles.